The molecule has 0 aliphatic rings. The normalized spacial score (nSPS) is 11.2. The Balaban J connectivity index is 2.65. The summed E-state index contributed by atoms with van der Waals surface area (Å²) < 4.78 is 6.84. The Labute approximate surface area is 104 Å². The number of carboxylic acid groups (broad SMARTS) is 1. The molecule has 0 fully saturated rings. The third-order valence-electron chi connectivity index (χ3n) is 2.95. The summed E-state index contributed by atoms with van der Waals surface area (Å²) in [7, 11) is 1.79. The van der Waals surface area contributed by atoms with Gasteiger partial charge in [0.05, 0.1) is 6.20 Å². The van der Waals surface area contributed by atoms with E-state index >= 15 is 0 Å². The predicted molar refractivity (Wildman–Crippen MR) is 64.5 cm³/mol. The smallest absolute Gasteiger partial charge is 0.341 e. The van der Waals surface area contributed by atoms with E-state index < -0.39 is 5.97 Å². The minimum absolute atomic E-state index is 0.0330. The molecule has 2 aromatic rings. The van der Waals surface area contributed by atoms with Crippen LogP contribution in [0.5, 0.6) is 0 Å². The Bertz CT molecular complexity index is 596. The van der Waals surface area contributed by atoms with E-state index in [1.165, 1.54) is 0 Å². The van der Waals surface area contributed by atoms with Crippen molar-refractivity contribution in [2.24, 2.45) is 7.05 Å². The second-order valence-electron chi connectivity index (χ2n) is 4.50. The molecule has 6 heteroatoms. The van der Waals surface area contributed by atoms with Crippen LogP contribution in [-0.2, 0) is 7.05 Å². The van der Waals surface area contributed by atoms with Crippen LogP contribution in [0, 0.1) is 6.92 Å². The number of carboxylic acids is 1. The molecule has 6 nitrogen and oxygen atoms in total. The fourth-order valence-corrected chi connectivity index (χ4v) is 1.82. The van der Waals surface area contributed by atoms with Crippen molar-refractivity contribution in [1.29, 1.82) is 0 Å². The van der Waals surface area contributed by atoms with Crippen LogP contribution in [0.25, 0.3) is 11.3 Å². The van der Waals surface area contributed by atoms with Crippen molar-refractivity contribution >= 4 is 5.97 Å². The number of aromatic nitrogens is 3. The monoisotopic (exact) mass is 249 g/mol. The average Bonchev–Trinajstić information content (AvgIpc) is 2.84. The molecular formula is C12H15N3O3. The highest BCUT2D eigenvalue weighted by Crippen LogP contribution is 2.31. The molecule has 0 atom stereocenters. The first-order chi connectivity index (χ1) is 8.43. The van der Waals surface area contributed by atoms with Crippen molar-refractivity contribution in [2.45, 2.75) is 26.7 Å². The molecule has 0 radical (unpaired) electrons. The zero-order valence-electron chi connectivity index (χ0n) is 10.8. The topological polar surface area (TPSA) is 81.2 Å². The summed E-state index contributed by atoms with van der Waals surface area (Å²) in [6.07, 6.45) is 1.60. The third kappa shape index (κ3) is 1.79. The molecule has 2 aromatic heterocycles. The lowest BCUT2D eigenvalue weighted by atomic mass is 10.0. The molecule has 96 valence electrons. The van der Waals surface area contributed by atoms with Gasteiger partial charge in [-0.2, -0.15) is 5.10 Å². The maximum atomic E-state index is 11.4. The van der Waals surface area contributed by atoms with Gasteiger partial charge in [-0.3, -0.25) is 4.68 Å². The molecule has 0 spiro atoms. The first-order valence-electron chi connectivity index (χ1n) is 5.65. The van der Waals surface area contributed by atoms with Gasteiger partial charge in [-0.15, -0.1) is 0 Å². The Morgan fingerprint density at radius 1 is 1.50 bits per heavy atom. The standard InChI is InChI=1S/C12H15N3O3/c1-6(2)11-9(12(16)17)10(14-18-11)8-5-13-15(4)7(8)3/h5-6H,1-4H3,(H,16,17). The van der Waals surface area contributed by atoms with E-state index in [0.29, 0.717) is 17.0 Å². The molecule has 0 saturated heterocycles. The van der Waals surface area contributed by atoms with E-state index in [4.69, 9.17) is 4.52 Å². The van der Waals surface area contributed by atoms with Gasteiger partial charge in [-0.05, 0) is 6.92 Å². The second kappa shape index (κ2) is 4.29. The van der Waals surface area contributed by atoms with E-state index in [1.807, 2.05) is 20.8 Å². The van der Waals surface area contributed by atoms with Gasteiger partial charge >= 0.3 is 5.97 Å². The largest absolute Gasteiger partial charge is 0.477 e. The van der Waals surface area contributed by atoms with Gasteiger partial charge in [0.2, 0.25) is 0 Å². The fourth-order valence-electron chi connectivity index (χ4n) is 1.82. The number of hydrogen-bond acceptors (Lipinski definition) is 4. The lowest BCUT2D eigenvalue weighted by Gasteiger charge is -2.01. The van der Waals surface area contributed by atoms with Crippen LogP contribution in [0.1, 0.15) is 41.6 Å². The first-order valence-corrected chi connectivity index (χ1v) is 5.65. The van der Waals surface area contributed by atoms with Crippen LogP contribution in [0.2, 0.25) is 0 Å². The van der Waals surface area contributed by atoms with Crippen LogP contribution >= 0.6 is 0 Å². The maximum Gasteiger partial charge on any atom is 0.341 e. The Kier molecular flexibility index (Phi) is 2.94. The lowest BCUT2D eigenvalue weighted by Crippen LogP contribution is -2.03. The van der Waals surface area contributed by atoms with E-state index in [2.05, 4.69) is 10.3 Å². The molecule has 2 heterocycles. The molecule has 0 aromatic carbocycles. The van der Waals surface area contributed by atoms with Gasteiger partial charge in [-0.1, -0.05) is 19.0 Å². The maximum absolute atomic E-state index is 11.4. The average molecular weight is 249 g/mol. The first kappa shape index (κ1) is 12.3. The summed E-state index contributed by atoms with van der Waals surface area (Å²) in [6.45, 7) is 5.59. The zero-order chi connectivity index (χ0) is 13.4. The number of aromatic carboxylic acids is 1. The van der Waals surface area contributed by atoms with Gasteiger partial charge in [0.25, 0.3) is 0 Å². The summed E-state index contributed by atoms with van der Waals surface area (Å²) in [5, 5.41) is 17.3. The summed E-state index contributed by atoms with van der Waals surface area (Å²) in [6, 6.07) is 0. The Morgan fingerprint density at radius 2 is 2.17 bits per heavy atom. The van der Waals surface area contributed by atoms with Crippen LogP contribution in [0.3, 0.4) is 0 Å². The summed E-state index contributed by atoms with van der Waals surface area (Å²) in [4.78, 5) is 11.4. The van der Waals surface area contributed by atoms with Gasteiger partial charge in [0, 0.05) is 24.2 Å². The highest BCUT2D eigenvalue weighted by atomic mass is 16.5. The summed E-state index contributed by atoms with van der Waals surface area (Å²) in [5.74, 6) is -0.673. The van der Waals surface area contributed by atoms with Gasteiger partial charge < -0.3 is 9.63 Å². The number of aryl methyl sites for hydroxylation is 1. The summed E-state index contributed by atoms with van der Waals surface area (Å²) >= 11 is 0. The van der Waals surface area contributed by atoms with E-state index in [9.17, 15) is 9.90 Å². The SMILES string of the molecule is Cc1c(-c2noc(C(C)C)c2C(=O)O)cnn1C. The quantitative estimate of drug-likeness (QED) is 0.901. The minimum Gasteiger partial charge on any atom is -0.477 e. The van der Waals surface area contributed by atoms with E-state index in [-0.39, 0.29) is 11.5 Å². The molecule has 0 unspecified atom stereocenters. The molecule has 1 N–H and O–H groups in total. The zero-order valence-corrected chi connectivity index (χ0v) is 10.8. The Morgan fingerprint density at radius 3 is 2.61 bits per heavy atom. The van der Waals surface area contributed by atoms with Gasteiger partial charge in [0.1, 0.15) is 11.3 Å². The molecule has 0 aliphatic heterocycles. The number of nitrogens with zero attached hydrogens (tertiary/aromatic N) is 3. The van der Waals surface area contributed by atoms with E-state index in [1.54, 1.807) is 17.9 Å². The van der Waals surface area contributed by atoms with Crippen molar-refractivity contribution in [3.8, 4) is 11.3 Å². The molecule has 0 amide bonds. The summed E-state index contributed by atoms with van der Waals surface area (Å²) in [5.41, 5.74) is 2.00. The minimum atomic E-state index is -1.03. The van der Waals surface area contributed by atoms with Crippen molar-refractivity contribution in [2.75, 3.05) is 0 Å². The third-order valence-corrected chi connectivity index (χ3v) is 2.95. The van der Waals surface area contributed by atoms with Crippen LogP contribution in [0.4, 0.5) is 0 Å². The van der Waals surface area contributed by atoms with Crippen molar-refractivity contribution < 1.29 is 14.4 Å². The van der Waals surface area contributed by atoms with Crippen molar-refractivity contribution in [1.82, 2.24) is 14.9 Å². The molecule has 2 rings (SSSR count). The highest BCUT2D eigenvalue weighted by Gasteiger charge is 2.27. The predicted octanol–water partition coefficient (Wildman–Crippen LogP) is 2.21. The van der Waals surface area contributed by atoms with E-state index in [0.717, 1.165) is 5.69 Å². The van der Waals surface area contributed by atoms with Crippen molar-refractivity contribution in [3.05, 3.63) is 23.2 Å². The molecular weight excluding hydrogens is 234 g/mol. The number of rotatable bonds is 3. The number of hydrogen-bond donors (Lipinski definition) is 1. The van der Waals surface area contributed by atoms with Crippen LogP contribution in [0.15, 0.2) is 10.7 Å². The molecule has 18 heavy (non-hydrogen) atoms. The molecule has 0 aliphatic carbocycles. The van der Waals surface area contributed by atoms with Gasteiger partial charge in [-0.25, -0.2) is 4.79 Å². The van der Waals surface area contributed by atoms with Gasteiger partial charge in [0.15, 0.2) is 5.76 Å². The molecule has 0 saturated carbocycles. The lowest BCUT2D eigenvalue weighted by molar-refractivity contribution is 0.0694. The van der Waals surface area contributed by atoms with Crippen molar-refractivity contribution in [3.63, 3.8) is 0 Å². The second-order valence-corrected chi connectivity index (χ2v) is 4.50. The molecule has 0 bridgehead atoms. The number of carbonyl (C=O) groups is 1. The fraction of sp³-hybridized carbons (Fsp3) is 0.417. The Hall–Kier alpha value is -2.11. The van der Waals surface area contributed by atoms with Crippen LogP contribution in [-0.4, -0.2) is 26.0 Å². The highest BCUT2D eigenvalue weighted by molar-refractivity contribution is 5.96. The van der Waals surface area contributed by atoms with Crippen LogP contribution < -0.4 is 0 Å².